The topological polar surface area (TPSA) is 82.5 Å². The van der Waals surface area contributed by atoms with E-state index in [9.17, 15) is 0 Å². The predicted octanol–water partition coefficient (Wildman–Crippen LogP) is 2.25. The second-order valence-electron chi connectivity index (χ2n) is 6.26. The van der Waals surface area contributed by atoms with Gasteiger partial charge in [0.1, 0.15) is 12.2 Å². The molecule has 0 aliphatic rings. The molecule has 0 aromatic carbocycles. The van der Waals surface area contributed by atoms with Crippen LogP contribution in [0.5, 0.6) is 0 Å². The van der Waals surface area contributed by atoms with E-state index < -0.39 is 0 Å². The molecule has 0 fully saturated rings. The molecule has 2 aromatic rings. The minimum atomic E-state index is -0.147. The molecule has 0 aliphatic heterocycles. The van der Waals surface area contributed by atoms with Crippen LogP contribution in [0.3, 0.4) is 0 Å². The standard InChI is InChI=1S/C13H22N6S/c1-8(2)19-10(15-7-16-19)6-9(14)11-12(13(3,4)5)17-18-20-11/h7-9H,6,14H2,1-5H3. The Bertz CT molecular complexity index is 565. The number of nitrogens with two attached hydrogens (primary N) is 1. The van der Waals surface area contributed by atoms with Gasteiger partial charge in [-0.05, 0) is 25.4 Å². The van der Waals surface area contributed by atoms with Gasteiger partial charge in [0.05, 0.1) is 10.6 Å². The minimum absolute atomic E-state index is 0.0499. The lowest BCUT2D eigenvalue weighted by Crippen LogP contribution is -2.22. The maximum absolute atomic E-state index is 6.35. The van der Waals surface area contributed by atoms with E-state index in [-0.39, 0.29) is 17.5 Å². The molecule has 0 amide bonds. The fourth-order valence-electron chi connectivity index (χ4n) is 2.10. The van der Waals surface area contributed by atoms with Crippen LogP contribution in [0.1, 0.15) is 63.1 Å². The van der Waals surface area contributed by atoms with Crippen LogP contribution in [0.25, 0.3) is 0 Å². The normalized spacial score (nSPS) is 13.9. The van der Waals surface area contributed by atoms with Crippen LogP contribution >= 0.6 is 11.5 Å². The van der Waals surface area contributed by atoms with E-state index >= 15 is 0 Å². The highest BCUT2D eigenvalue weighted by Crippen LogP contribution is 2.30. The Balaban J connectivity index is 2.23. The Kier molecular flexibility index (Phi) is 4.19. The fourth-order valence-corrected chi connectivity index (χ4v) is 2.96. The van der Waals surface area contributed by atoms with Crippen molar-refractivity contribution in [1.29, 1.82) is 0 Å². The predicted molar refractivity (Wildman–Crippen MR) is 79.6 cm³/mol. The van der Waals surface area contributed by atoms with E-state index in [1.165, 1.54) is 11.5 Å². The maximum atomic E-state index is 6.35. The number of hydrogen-bond acceptors (Lipinski definition) is 6. The van der Waals surface area contributed by atoms with Gasteiger partial charge in [0.15, 0.2) is 0 Å². The monoisotopic (exact) mass is 294 g/mol. The molecule has 0 saturated heterocycles. The molecular formula is C13H22N6S. The first-order valence-electron chi connectivity index (χ1n) is 6.77. The molecule has 1 unspecified atom stereocenters. The first-order chi connectivity index (χ1) is 9.30. The molecule has 6 nitrogen and oxygen atoms in total. The molecule has 2 aromatic heterocycles. The van der Waals surface area contributed by atoms with Gasteiger partial charge >= 0.3 is 0 Å². The van der Waals surface area contributed by atoms with Crippen LogP contribution in [0.15, 0.2) is 6.33 Å². The highest BCUT2D eigenvalue weighted by Gasteiger charge is 2.26. The third-order valence-electron chi connectivity index (χ3n) is 3.10. The van der Waals surface area contributed by atoms with Crippen molar-refractivity contribution >= 4 is 11.5 Å². The van der Waals surface area contributed by atoms with Crippen LogP contribution in [0.4, 0.5) is 0 Å². The van der Waals surface area contributed by atoms with Gasteiger partial charge in [-0.15, -0.1) is 5.10 Å². The maximum Gasteiger partial charge on any atom is 0.138 e. The Morgan fingerprint density at radius 1 is 1.35 bits per heavy atom. The molecule has 0 spiro atoms. The van der Waals surface area contributed by atoms with Crippen LogP contribution in [0, 0.1) is 0 Å². The lowest BCUT2D eigenvalue weighted by atomic mass is 9.89. The summed E-state index contributed by atoms with van der Waals surface area (Å²) in [5, 5.41) is 8.48. The highest BCUT2D eigenvalue weighted by molar-refractivity contribution is 7.05. The van der Waals surface area contributed by atoms with Crippen molar-refractivity contribution in [3.8, 4) is 0 Å². The highest BCUT2D eigenvalue weighted by atomic mass is 32.1. The molecule has 20 heavy (non-hydrogen) atoms. The lowest BCUT2D eigenvalue weighted by Gasteiger charge is -2.19. The van der Waals surface area contributed by atoms with Gasteiger partial charge in [0.2, 0.25) is 0 Å². The van der Waals surface area contributed by atoms with E-state index in [1.807, 2.05) is 4.68 Å². The summed E-state index contributed by atoms with van der Waals surface area (Å²) in [5.74, 6) is 0.903. The van der Waals surface area contributed by atoms with Crippen molar-refractivity contribution in [1.82, 2.24) is 24.4 Å². The van der Waals surface area contributed by atoms with Gasteiger partial charge < -0.3 is 5.73 Å². The van der Waals surface area contributed by atoms with E-state index in [0.29, 0.717) is 6.42 Å². The molecule has 2 N–H and O–H groups in total. The molecule has 0 bridgehead atoms. The van der Waals surface area contributed by atoms with Crippen molar-refractivity contribution in [2.24, 2.45) is 5.73 Å². The summed E-state index contributed by atoms with van der Waals surface area (Å²) < 4.78 is 5.97. The smallest absolute Gasteiger partial charge is 0.138 e. The molecule has 110 valence electrons. The van der Waals surface area contributed by atoms with Gasteiger partial charge in [-0.2, -0.15) is 5.10 Å². The first kappa shape index (κ1) is 15.1. The van der Waals surface area contributed by atoms with Crippen molar-refractivity contribution in [3.05, 3.63) is 22.7 Å². The number of hydrogen-bond donors (Lipinski definition) is 1. The average Bonchev–Trinajstić information content (AvgIpc) is 2.95. The molecule has 2 rings (SSSR count). The zero-order valence-corrected chi connectivity index (χ0v) is 13.5. The lowest BCUT2D eigenvalue weighted by molar-refractivity contribution is 0.490. The fraction of sp³-hybridized carbons (Fsp3) is 0.692. The summed E-state index contributed by atoms with van der Waals surface area (Å²) in [4.78, 5) is 5.35. The van der Waals surface area contributed by atoms with Crippen LogP contribution in [-0.4, -0.2) is 24.4 Å². The van der Waals surface area contributed by atoms with Crippen LogP contribution in [0.2, 0.25) is 0 Å². The van der Waals surface area contributed by atoms with Crippen molar-refractivity contribution in [2.75, 3.05) is 0 Å². The third kappa shape index (κ3) is 3.04. The van der Waals surface area contributed by atoms with Crippen LogP contribution < -0.4 is 5.73 Å². The van der Waals surface area contributed by atoms with Crippen LogP contribution in [-0.2, 0) is 11.8 Å². The summed E-state index contributed by atoms with van der Waals surface area (Å²) >= 11 is 1.38. The largest absolute Gasteiger partial charge is 0.323 e. The third-order valence-corrected chi connectivity index (χ3v) is 3.96. The summed E-state index contributed by atoms with van der Waals surface area (Å²) in [6, 6.07) is 0.132. The molecule has 0 saturated carbocycles. The molecular weight excluding hydrogens is 272 g/mol. The van der Waals surface area contributed by atoms with Gasteiger partial charge in [0.25, 0.3) is 0 Å². The summed E-state index contributed by atoms with van der Waals surface area (Å²) in [5.41, 5.74) is 7.27. The number of aromatic nitrogens is 5. The molecule has 0 radical (unpaired) electrons. The van der Waals surface area contributed by atoms with E-state index in [0.717, 1.165) is 16.4 Å². The van der Waals surface area contributed by atoms with Crippen molar-refractivity contribution in [2.45, 2.75) is 58.5 Å². The summed E-state index contributed by atoms with van der Waals surface area (Å²) in [7, 11) is 0. The van der Waals surface area contributed by atoms with Gasteiger partial charge in [0, 0.05) is 23.9 Å². The Morgan fingerprint density at radius 3 is 2.65 bits per heavy atom. The van der Waals surface area contributed by atoms with Gasteiger partial charge in [-0.1, -0.05) is 25.3 Å². The second kappa shape index (κ2) is 5.57. The zero-order valence-electron chi connectivity index (χ0n) is 12.7. The zero-order chi connectivity index (χ0) is 14.9. The van der Waals surface area contributed by atoms with Gasteiger partial charge in [-0.3, -0.25) is 0 Å². The molecule has 2 heterocycles. The summed E-state index contributed by atoms with van der Waals surface area (Å²) in [6.07, 6.45) is 2.22. The SMILES string of the molecule is CC(C)n1ncnc1CC(N)c1snnc1C(C)(C)C. The Morgan fingerprint density at radius 2 is 2.05 bits per heavy atom. The van der Waals surface area contributed by atoms with Gasteiger partial charge in [-0.25, -0.2) is 9.67 Å². The second-order valence-corrected chi connectivity index (χ2v) is 7.05. The minimum Gasteiger partial charge on any atom is -0.323 e. The van der Waals surface area contributed by atoms with Crippen molar-refractivity contribution in [3.63, 3.8) is 0 Å². The van der Waals surface area contributed by atoms with E-state index in [4.69, 9.17) is 5.73 Å². The Hall–Kier alpha value is -1.34. The van der Waals surface area contributed by atoms with Crippen molar-refractivity contribution < 1.29 is 0 Å². The number of rotatable bonds is 4. The number of nitrogens with zero attached hydrogens (tertiary/aromatic N) is 5. The Labute approximate surface area is 123 Å². The van der Waals surface area contributed by atoms with E-state index in [1.54, 1.807) is 6.33 Å². The molecule has 7 heteroatoms. The summed E-state index contributed by atoms with van der Waals surface area (Å²) in [6.45, 7) is 10.5. The first-order valence-corrected chi connectivity index (χ1v) is 7.54. The van der Waals surface area contributed by atoms with E-state index in [2.05, 4.69) is 54.3 Å². The quantitative estimate of drug-likeness (QED) is 0.935. The average molecular weight is 294 g/mol. The molecule has 0 aliphatic carbocycles. The molecule has 1 atom stereocenters.